The van der Waals surface area contributed by atoms with Crippen LogP contribution in [0.2, 0.25) is 0 Å². The van der Waals surface area contributed by atoms with Crippen molar-refractivity contribution in [2.75, 3.05) is 23.8 Å². The van der Waals surface area contributed by atoms with Gasteiger partial charge in [-0.15, -0.1) is 0 Å². The van der Waals surface area contributed by atoms with E-state index in [4.69, 9.17) is 9.72 Å². The van der Waals surface area contributed by atoms with E-state index in [1.54, 1.807) is 30.5 Å². The molecule has 1 saturated heterocycles. The van der Waals surface area contributed by atoms with Gasteiger partial charge in [0.1, 0.15) is 0 Å². The van der Waals surface area contributed by atoms with Gasteiger partial charge < -0.3 is 20.7 Å². The van der Waals surface area contributed by atoms with E-state index >= 15 is 0 Å². The summed E-state index contributed by atoms with van der Waals surface area (Å²) < 4.78 is 7.35. The van der Waals surface area contributed by atoms with Crippen LogP contribution in [-0.2, 0) is 4.74 Å². The summed E-state index contributed by atoms with van der Waals surface area (Å²) in [6.45, 7) is 9.42. The Balaban J connectivity index is 1.44. The molecule has 1 atom stereocenters. The topological polar surface area (TPSA) is 110 Å². The molecule has 3 N–H and O–H groups in total. The Labute approximate surface area is 199 Å². The number of pyridine rings is 1. The highest BCUT2D eigenvalue weighted by atomic mass is 16.5. The third-order valence-corrected chi connectivity index (χ3v) is 5.83. The minimum Gasteiger partial charge on any atom is -0.376 e. The number of aromatic nitrogens is 3. The molecule has 1 aliphatic heterocycles. The zero-order chi connectivity index (χ0) is 24.2. The quantitative estimate of drug-likeness (QED) is 0.470. The zero-order valence-corrected chi connectivity index (χ0v) is 20.1. The molecule has 3 aromatic rings. The molecule has 3 amide bonds. The number of carbonyl (C=O) groups is 2. The summed E-state index contributed by atoms with van der Waals surface area (Å²) in [5.74, 6) is -0.0594. The van der Waals surface area contributed by atoms with Crippen LogP contribution >= 0.6 is 0 Å². The van der Waals surface area contributed by atoms with E-state index in [-0.39, 0.29) is 30.0 Å². The first kappa shape index (κ1) is 23.7. The SMILES string of the molecule is CC(C)c1cc(C(=O)Nc2ccc(NC(=O)NCC3CCCO3)cc2)c2cnn(C(C)C)c2n1. The summed E-state index contributed by atoms with van der Waals surface area (Å²) >= 11 is 0. The summed E-state index contributed by atoms with van der Waals surface area (Å²) in [4.78, 5) is 30.1. The van der Waals surface area contributed by atoms with E-state index in [9.17, 15) is 9.59 Å². The number of benzene rings is 1. The fourth-order valence-corrected chi connectivity index (χ4v) is 3.92. The van der Waals surface area contributed by atoms with Crippen molar-refractivity contribution in [3.63, 3.8) is 0 Å². The van der Waals surface area contributed by atoms with E-state index in [0.717, 1.165) is 30.5 Å². The number of fused-ring (bicyclic) bond motifs is 1. The lowest BCUT2D eigenvalue weighted by molar-refractivity contribution is 0.102. The number of rotatable bonds is 7. The molecule has 34 heavy (non-hydrogen) atoms. The molecule has 1 unspecified atom stereocenters. The molecular weight excluding hydrogens is 432 g/mol. The first-order valence-electron chi connectivity index (χ1n) is 11.8. The third-order valence-electron chi connectivity index (χ3n) is 5.83. The van der Waals surface area contributed by atoms with Crippen molar-refractivity contribution in [1.82, 2.24) is 20.1 Å². The summed E-state index contributed by atoms with van der Waals surface area (Å²) in [7, 11) is 0. The lowest BCUT2D eigenvalue weighted by Gasteiger charge is -2.13. The van der Waals surface area contributed by atoms with E-state index in [1.165, 1.54) is 0 Å². The number of hydrogen-bond donors (Lipinski definition) is 3. The molecule has 1 aliphatic rings. The standard InChI is InChI=1S/C25H32N6O3/c1-15(2)22-12-20(21-14-27-31(16(3)4)23(21)30-22)24(32)28-17-7-9-18(10-8-17)29-25(33)26-13-19-6-5-11-34-19/h7-10,12,14-16,19H,5-6,11,13H2,1-4H3,(H,28,32)(H2,26,29,33). The number of hydrogen-bond acceptors (Lipinski definition) is 5. The van der Waals surface area contributed by atoms with Gasteiger partial charge in [-0.05, 0) is 62.9 Å². The predicted molar refractivity (Wildman–Crippen MR) is 132 cm³/mol. The number of nitrogens with one attached hydrogen (secondary N) is 3. The molecule has 0 saturated carbocycles. The Bertz CT molecular complexity index is 1160. The van der Waals surface area contributed by atoms with Crippen molar-refractivity contribution in [2.24, 2.45) is 0 Å². The average Bonchev–Trinajstić information content (AvgIpc) is 3.48. The lowest BCUT2D eigenvalue weighted by Crippen LogP contribution is -2.35. The fourth-order valence-electron chi connectivity index (χ4n) is 3.92. The summed E-state index contributed by atoms with van der Waals surface area (Å²) in [6, 6.07) is 8.70. The molecule has 9 nitrogen and oxygen atoms in total. The highest BCUT2D eigenvalue weighted by Gasteiger charge is 2.19. The second kappa shape index (κ2) is 10.2. The van der Waals surface area contributed by atoms with Crippen LogP contribution in [0.4, 0.5) is 16.2 Å². The molecule has 0 radical (unpaired) electrons. The minimum atomic E-state index is -0.283. The maximum Gasteiger partial charge on any atom is 0.319 e. The monoisotopic (exact) mass is 464 g/mol. The third kappa shape index (κ3) is 5.36. The smallest absolute Gasteiger partial charge is 0.319 e. The molecule has 1 fully saturated rings. The van der Waals surface area contributed by atoms with Crippen LogP contribution in [0.5, 0.6) is 0 Å². The Hall–Kier alpha value is -3.46. The van der Waals surface area contributed by atoms with Crippen molar-refractivity contribution in [2.45, 2.75) is 58.6 Å². The maximum absolute atomic E-state index is 13.2. The molecule has 0 bridgehead atoms. The number of nitrogens with zero attached hydrogens (tertiary/aromatic N) is 3. The maximum atomic E-state index is 13.2. The van der Waals surface area contributed by atoms with Crippen LogP contribution in [0.15, 0.2) is 36.5 Å². The van der Waals surface area contributed by atoms with Crippen LogP contribution in [0.3, 0.4) is 0 Å². The summed E-state index contributed by atoms with van der Waals surface area (Å²) in [5, 5.41) is 13.7. The largest absolute Gasteiger partial charge is 0.376 e. The first-order chi connectivity index (χ1) is 16.3. The van der Waals surface area contributed by atoms with Crippen molar-refractivity contribution >= 4 is 34.3 Å². The minimum absolute atomic E-state index is 0.0897. The second-order valence-corrected chi connectivity index (χ2v) is 9.17. The number of urea groups is 1. The van der Waals surface area contributed by atoms with Gasteiger partial charge in [0.25, 0.3) is 5.91 Å². The van der Waals surface area contributed by atoms with Gasteiger partial charge in [-0.2, -0.15) is 5.10 Å². The molecule has 180 valence electrons. The van der Waals surface area contributed by atoms with E-state index in [0.29, 0.717) is 29.1 Å². The number of amides is 3. The van der Waals surface area contributed by atoms with Crippen LogP contribution in [-0.4, -0.2) is 46.0 Å². The van der Waals surface area contributed by atoms with Gasteiger partial charge in [0, 0.05) is 36.3 Å². The highest BCUT2D eigenvalue weighted by Crippen LogP contribution is 2.25. The molecule has 4 rings (SSSR count). The van der Waals surface area contributed by atoms with E-state index < -0.39 is 0 Å². The van der Waals surface area contributed by atoms with Gasteiger partial charge in [0.2, 0.25) is 0 Å². The van der Waals surface area contributed by atoms with Gasteiger partial charge in [-0.1, -0.05) is 13.8 Å². The number of carbonyl (C=O) groups excluding carboxylic acids is 2. The van der Waals surface area contributed by atoms with E-state index in [2.05, 4.69) is 34.9 Å². The van der Waals surface area contributed by atoms with Crippen LogP contribution in [0, 0.1) is 0 Å². The van der Waals surface area contributed by atoms with E-state index in [1.807, 2.05) is 24.6 Å². The normalized spacial score (nSPS) is 15.8. The molecule has 1 aromatic carbocycles. The molecule has 0 spiro atoms. The van der Waals surface area contributed by atoms with Crippen molar-refractivity contribution < 1.29 is 14.3 Å². The fraction of sp³-hybridized carbons (Fsp3) is 0.440. The van der Waals surface area contributed by atoms with Gasteiger partial charge >= 0.3 is 6.03 Å². The van der Waals surface area contributed by atoms with Gasteiger partial charge in [-0.3, -0.25) is 4.79 Å². The number of anilines is 2. The van der Waals surface area contributed by atoms with Crippen molar-refractivity contribution in [1.29, 1.82) is 0 Å². The number of ether oxygens (including phenoxy) is 1. The molecule has 9 heteroatoms. The Kier molecular flexibility index (Phi) is 7.12. The lowest BCUT2D eigenvalue weighted by atomic mass is 10.0. The molecular formula is C25H32N6O3. The Morgan fingerprint density at radius 2 is 1.82 bits per heavy atom. The van der Waals surface area contributed by atoms with Gasteiger partial charge in [0.05, 0.1) is 23.3 Å². The van der Waals surface area contributed by atoms with Gasteiger partial charge in [0.15, 0.2) is 5.65 Å². The predicted octanol–water partition coefficient (Wildman–Crippen LogP) is 4.69. The summed E-state index contributed by atoms with van der Waals surface area (Å²) in [6.07, 6.45) is 3.79. The summed E-state index contributed by atoms with van der Waals surface area (Å²) in [5.41, 5.74) is 3.35. The first-order valence-corrected chi connectivity index (χ1v) is 11.8. The average molecular weight is 465 g/mol. The molecule has 3 heterocycles. The second-order valence-electron chi connectivity index (χ2n) is 9.17. The Morgan fingerprint density at radius 3 is 2.44 bits per heavy atom. The molecule has 0 aliphatic carbocycles. The van der Waals surface area contributed by atoms with Crippen LogP contribution < -0.4 is 16.0 Å². The van der Waals surface area contributed by atoms with Crippen molar-refractivity contribution in [3.8, 4) is 0 Å². The Morgan fingerprint density at radius 1 is 1.12 bits per heavy atom. The highest BCUT2D eigenvalue weighted by molar-refractivity contribution is 6.12. The molecule has 2 aromatic heterocycles. The zero-order valence-electron chi connectivity index (χ0n) is 20.1. The van der Waals surface area contributed by atoms with Crippen LogP contribution in [0.1, 0.15) is 68.5 Å². The van der Waals surface area contributed by atoms with Crippen molar-refractivity contribution in [3.05, 3.63) is 47.8 Å². The van der Waals surface area contributed by atoms with Gasteiger partial charge in [-0.25, -0.2) is 14.5 Å². The van der Waals surface area contributed by atoms with Crippen LogP contribution in [0.25, 0.3) is 11.0 Å².